The van der Waals surface area contributed by atoms with Crippen molar-refractivity contribution in [3.05, 3.63) is 33.3 Å². The highest BCUT2D eigenvalue weighted by Gasteiger charge is 2.23. The van der Waals surface area contributed by atoms with Gasteiger partial charge in [-0.2, -0.15) is 0 Å². The van der Waals surface area contributed by atoms with Gasteiger partial charge in [-0.1, -0.05) is 27.5 Å². The molecule has 0 aliphatic heterocycles. The van der Waals surface area contributed by atoms with Crippen molar-refractivity contribution in [1.82, 2.24) is 4.90 Å². The highest BCUT2D eigenvalue weighted by molar-refractivity contribution is 9.10. The molecule has 1 aromatic carbocycles. The van der Waals surface area contributed by atoms with Crippen molar-refractivity contribution in [3.63, 3.8) is 0 Å². The van der Waals surface area contributed by atoms with Gasteiger partial charge in [0.05, 0.1) is 17.7 Å². The van der Waals surface area contributed by atoms with Crippen LogP contribution in [-0.4, -0.2) is 36.5 Å². The second-order valence-electron chi connectivity index (χ2n) is 4.23. The summed E-state index contributed by atoms with van der Waals surface area (Å²) in [6, 6.07) is 4.87. The molecule has 0 spiro atoms. The third-order valence-corrected chi connectivity index (χ3v) is 3.38. The normalized spacial score (nSPS) is 10.4. The molecule has 1 amide bonds. The third-order valence-electron chi connectivity index (χ3n) is 2.57. The van der Waals surface area contributed by atoms with Gasteiger partial charge in [0.2, 0.25) is 0 Å². The highest BCUT2D eigenvalue weighted by atomic mass is 79.9. The minimum absolute atomic E-state index is 0.0978. The Morgan fingerprint density at radius 2 is 2.05 bits per heavy atom. The van der Waals surface area contributed by atoms with Gasteiger partial charge in [0, 0.05) is 10.5 Å². The van der Waals surface area contributed by atoms with Gasteiger partial charge in [-0.15, -0.1) is 0 Å². The maximum Gasteiger partial charge on any atom is 0.325 e. The standard InChI is InChI=1S/C13H15BrClNO3/c1-8(2)16(7-12(17)19-3)13(18)10-5-4-9(14)6-11(10)15/h4-6,8H,7H2,1-3H3. The number of esters is 1. The fraction of sp³-hybridized carbons (Fsp3) is 0.385. The summed E-state index contributed by atoms with van der Waals surface area (Å²) in [5.41, 5.74) is 0.363. The van der Waals surface area contributed by atoms with Crippen LogP contribution in [0.1, 0.15) is 24.2 Å². The minimum atomic E-state index is -0.463. The zero-order chi connectivity index (χ0) is 14.6. The SMILES string of the molecule is COC(=O)CN(C(=O)c1ccc(Br)cc1Cl)C(C)C. The second kappa shape index (κ2) is 6.91. The lowest BCUT2D eigenvalue weighted by Gasteiger charge is -2.26. The van der Waals surface area contributed by atoms with Crippen LogP contribution in [-0.2, 0) is 9.53 Å². The summed E-state index contributed by atoms with van der Waals surface area (Å²) < 4.78 is 5.38. The number of hydrogen-bond acceptors (Lipinski definition) is 3. The number of benzene rings is 1. The van der Waals surface area contributed by atoms with E-state index in [1.165, 1.54) is 12.0 Å². The molecule has 1 aromatic rings. The summed E-state index contributed by atoms with van der Waals surface area (Å²) in [4.78, 5) is 25.2. The van der Waals surface area contributed by atoms with Crippen LogP contribution in [0.25, 0.3) is 0 Å². The molecule has 0 atom stereocenters. The van der Waals surface area contributed by atoms with E-state index in [1.807, 2.05) is 13.8 Å². The average Bonchev–Trinajstić information content (AvgIpc) is 2.34. The molecule has 0 aromatic heterocycles. The number of amides is 1. The van der Waals surface area contributed by atoms with E-state index in [9.17, 15) is 9.59 Å². The van der Waals surface area contributed by atoms with Gasteiger partial charge in [0.1, 0.15) is 6.54 Å². The van der Waals surface area contributed by atoms with Crippen molar-refractivity contribution >= 4 is 39.4 Å². The fourth-order valence-electron chi connectivity index (χ4n) is 1.51. The molecule has 19 heavy (non-hydrogen) atoms. The molecule has 4 nitrogen and oxygen atoms in total. The Hall–Kier alpha value is -1.07. The Kier molecular flexibility index (Phi) is 5.82. The topological polar surface area (TPSA) is 46.6 Å². The summed E-state index contributed by atoms with van der Waals surface area (Å²) in [5.74, 6) is -0.756. The van der Waals surface area contributed by atoms with Crippen molar-refractivity contribution in [2.75, 3.05) is 13.7 Å². The molecule has 0 radical (unpaired) electrons. The number of hydrogen-bond donors (Lipinski definition) is 0. The largest absolute Gasteiger partial charge is 0.468 e. The van der Waals surface area contributed by atoms with E-state index in [0.717, 1.165) is 4.47 Å². The molecule has 1 rings (SSSR count). The van der Waals surface area contributed by atoms with Gasteiger partial charge in [0.25, 0.3) is 5.91 Å². The summed E-state index contributed by atoms with van der Waals surface area (Å²) in [7, 11) is 1.29. The van der Waals surface area contributed by atoms with E-state index in [0.29, 0.717) is 10.6 Å². The van der Waals surface area contributed by atoms with Crippen LogP contribution < -0.4 is 0 Å². The summed E-state index contributed by atoms with van der Waals surface area (Å²) in [6.07, 6.45) is 0. The second-order valence-corrected chi connectivity index (χ2v) is 5.55. The van der Waals surface area contributed by atoms with Crippen molar-refractivity contribution in [1.29, 1.82) is 0 Å². The quantitative estimate of drug-likeness (QED) is 0.785. The Labute approximate surface area is 125 Å². The lowest BCUT2D eigenvalue weighted by Crippen LogP contribution is -2.41. The molecule has 0 heterocycles. The van der Waals surface area contributed by atoms with Gasteiger partial charge in [-0.3, -0.25) is 9.59 Å². The van der Waals surface area contributed by atoms with Crippen molar-refractivity contribution < 1.29 is 14.3 Å². The van der Waals surface area contributed by atoms with Gasteiger partial charge < -0.3 is 9.64 Å². The van der Waals surface area contributed by atoms with Gasteiger partial charge >= 0.3 is 5.97 Å². The maximum absolute atomic E-state index is 12.4. The Morgan fingerprint density at radius 1 is 1.42 bits per heavy atom. The first-order valence-electron chi connectivity index (χ1n) is 5.69. The minimum Gasteiger partial charge on any atom is -0.468 e. The van der Waals surface area contributed by atoms with Gasteiger partial charge in [-0.25, -0.2) is 0 Å². The highest BCUT2D eigenvalue weighted by Crippen LogP contribution is 2.23. The molecule has 0 aliphatic carbocycles. The molecule has 6 heteroatoms. The summed E-state index contributed by atoms with van der Waals surface area (Å²) in [6.45, 7) is 3.56. The Balaban J connectivity index is 3.02. The van der Waals surface area contributed by atoms with Gasteiger partial charge in [-0.05, 0) is 32.0 Å². The van der Waals surface area contributed by atoms with Crippen LogP contribution in [0.15, 0.2) is 22.7 Å². The van der Waals surface area contributed by atoms with Crippen molar-refractivity contribution in [2.24, 2.45) is 0 Å². The molecular weight excluding hydrogens is 334 g/mol. The number of ether oxygens (including phenoxy) is 1. The van der Waals surface area contributed by atoms with E-state index < -0.39 is 5.97 Å². The van der Waals surface area contributed by atoms with E-state index >= 15 is 0 Å². The number of methoxy groups -OCH3 is 1. The molecule has 104 valence electrons. The van der Waals surface area contributed by atoms with E-state index in [2.05, 4.69) is 20.7 Å². The van der Waals surface area contributed by atoms with Crippen LogP contribution in [0.5, 0.6) is 0 Å². The predicted molar refractivity (Wildman–Crippen MR) is 77.3 cm³/mol. The lowest BCUT2D eigenvalue weighted by molar-refractivity contribution is -0.141. The van der Waals surface area contributed by atoms with Crippen LogP contribution in [0.2, 0.25) is 5.02 Å². The molecule has 0 unspecified atom stereocenters. The van der Waals surface area contributed by atoms with E-state index in [1.54, 1.807) is 18.2 Å². The molecule has 0 aliphatic rings. The number of halogens is 2. The van der Waals surface area contributed by atoms with Crippen molar-refractivity contribution in [2.45, 2.75) is 19.9 Å². The maximum atomic E-state index is 12.4. The summed E-state index contributed by atoms with van der Waals surface area (Å²) >= 11 is 9.33. The number of carbonyl (C=O) groups excluding carboxylic acids is 2. The fourth-order valence-corrected chi connectivity index (χ4v) is 2.26. The smallest absolute Gasteiger partial charge is 0.325 e. The molecule has 0 saturated heterocycles. The zero-order valence-corrected chi connectivity index (χ0v) is 13.3. The van der Waals surface area contributed by atoms with Crippen LogP contribution >= 0.6 is 27.5 Å². The third kappa shape index (κ3) is 4.21. The molecular formula is C13H15BrClNO3. The Bertz CT molecular complexity index is 491. The number of rotatable bonds is 4. The predicted octanol–water partition coefficient (Wildman–Crippen LogP) is 3.13. The first-order valence-corrected chi connectivity index (χ1v) is 6.86. The lowest BCUT2D eigenvalue weighted by atomic mass is 10.1. The van der Waals surface area contributed by atoms with Gasteiger partial charge in [0.15, 0.2) is 0 Å². The first kappa shape index (κ1) is 16.0. The first-order chi connectivity index (χ1) is 8.86. The van der Waals surface area contributed by atoms with Crippen molar-refractivity contribution in [3.8, 4) is 0 Å². The monoisotopic (exact) mass is 347 g/mol. The van der Waals surface area contributed by atoms with Crippen LogP contribution in [0.3, 0.4) is 0 Å². The average molecular weight is 349 g/mol. The zero-order valence-electron chi connectivity index (χ0n) is 10.9. The molecule has 0 N–H and O–H groups in total. The molecule has 0 fully saturated rings. The Morgan fingerprint density at radius 3 is 2.53 bits per heavy atom. The number of carbonyl (C=O) groups is 2. The molecule has 0 saturated carbocycles. The molecule has 0 bridgehead atoms. The van der Waals surface area contributed by atoms with E-state index in [-0.39, 0.29) is 18.5 Å². The van der Waals surface area contributed by atoms with E-state index in [4.69, 9.17) is 11.6 Å². The number of nitrogens with zero attached hydrogens (tertiary/aromatic N) is 1. The van der Waals surface area contributed by atoms with Crippen LogP contribution in [0.4, 0.5) is 0 Å². The van der Waals surface area contributed by atoms with Crippen LogP contribution in [0, 0.1) is 0 Å². The summed E-state index contributed by atoms with van der Waals surface area (Å²) in [5, 5.41) is 0.342.